The maximum atomic E-state index is 13.0. The Morgan fingerprint density at radius 1 is 1.08 bits per heavy atom. The van der Waals surface area contributed by atoms with Gasteiger partial charge in [0.25, 0.3) is 5.56 Å². The average molecular weight is 516 g/mol. The molecule has 0 radical (unpaired) electrons. The molecule has 12 nitrogen and oxygen atoms in total. The highest BCUT2D eigenvalue weighted by Gasteiger charge is 2.56. The summed E-state index contributed by atoms with van der Waals surface area (Å²) in [6, 6.07) is 9.72. The molecule has 1 aromatic heterocycles. The molecular formula is C25H29N3O9. The minimum atomic E-state index is -0.948. The molecule has 198 valence electrons. The summed E-state index contributed by atoms with van der Waals surface area (Å²) in [7, 11) is 0. The van der Waals surface area contributed by atoms with Gasteiger partial charge >= 0.3 is 17.8 Å². The van der Waals surface area contributed by atoms with Crippen LogP contribution in [0.3, 0.4) is 0 Å². The number of nitrogens with zero attached hydrogens (tertiary/aromatic N) is 2. The van der Waals surface area contributed by atoms with Crippen LogP contribution in [0.25, 0.3) is 0 Å². The lowest BCUT2D eigenvalue weighted by Gasteiger charge is -2.26. The van der Waals surface area contributed by atoms with E-state index in [0.717, 1.165) is 5.56 Å². The van der Waals surface area contributed by atoms with Gasteiger partial charge in [-0.3, -0.25) is 19.2 Å². The van der Waals surface area contributed by atoms with E-state index >= 15 is 0 Å². The molecule has 1 amide bonds. The van der Waals surface area contributed by atoms with E-state index in [9.17, 15) is 19.2 Å². The van der Waals surface area contributed by atoms with Crippen molar-refractivity contribution in [3.8, 4) is 0 Å². The van der Waals surface area contributed by atoms with Crippen LogP contribution in [-0.4, -0.2) is 69.8 Å². The molecule has 5 rings (SSSR count). The quantitative estimate of drug-likeness (QED) is 0.564. The largest absolute Gasteiger partial charge is 0.461 e. The van der Waals surface area contributed by atoms with Crippen LogP contribution in [0.5, 0.6) is 0 Å². The van der Waals surface area contributed by atoms with Gasteiger partial charge in [0.2, 0.25) is 0 Å². The van der Waals surface area contributed by atoms with Crippen molar-refractivity contribution in [2.24, 2.45) is 0 Å². The molecule has 5 atom stereocenters. The molecule has 12 heteroatoms. The Balaban J connectivity index is 1.22. The number of amides is 1. The number of H-pyrrole nitrogens is 1. The van der Waals surface area contributed by atoms with Crippen LogP contribution < -0.4 is 11.2 Å². The molecule has 3 aliphatic rings. The first-order valence-electron chi connectivity index (χ1n) is 12.2. The highest BCUT2D eigenvalue weighted by atomic mass is 16.8. The minimum Gasteiger partial charge on any atom is -0.461 e. The van der Waals surface area contributed by atoms with Crippen LogP contribution in [0.1, 0.15) is 38.5 Å². The summed E-state index contributed by atoms with van der Waals surface area (Å²) in [5, 5.41) is 0. The molecule has 2 aromatic rings. The van der Waals surface area contributed by atoms with E-state index in [-0.39, 0.29) is 13.2 Å². The van der Waals surface area contributed by atoms with Crippen molar-refractivity contribution >= 4 is 12.1 Å². The van der Waals surface area contributed by atoms with E-state index in [0.29, 0.717) is 19.4 Å². The second kappa shape index (κ2) is 10.1. The average Bonchev–Trinajstić information content (AvgIpc) is 3.56. The van der Waals surface area contributed by atoms with Crippen molar-refractivity contribution in [1.29, 1.82) is 0 Å². The molecular weight excluding hydrogens is 486 g/mol. The number of nitrogens with one attached hydrogen (secondary N) is 1. The Morgan fingerprint density at radius 3 is 2.59 bits per heavy atom. The summed E-state index contributed by atoms with van der Waals surface area (Å²) < 4.78 is 30.1. The molecule has 0 aliphatic carbocycles. The molecule has 0 spiro atoms. The summed E-state index contributed by atoms with van der Waals surface area (Å²) >= 11 is 0. The lowest BCUT2D eigenvalue weighted by Crippen LogP contribution is -2.43. The predicted molar refractivity (Wildman–Crippen MR) is 126 cm³/mol. The number of fused-ring (bicyclic) bond motifs is 1. The van der Waals surface area contributed by atoms with Gasteiger partial charge in [0.1, 0.15) is 37.6 Å². The molecule has 37 heavy (non-hydrogen) atoms. The van der Waals surface area contributed by atoms with E-state index in [4.69, 9.17) is 23.7 Å². The fourth-order valence-corrected chi connectivity index (χ4v) is 4.94. The maximum absolute atomic E-state index is 13.0. The van der Waals surface area contributed by atoms with Crippen molar-refractivity contribution in [3.05, 3.63) is 69.0 Å². The van der Waals surface area contributed by atoms with Gasteiger partial charge in [-0.1, -0.05) is 30.3 Å². The number of ether oxygens (including phenoxy) is 5. The number of aromatic amines is 1. The van der Waals surface area contributed by atoms with E-state index in [1.807, 2.05) is 30.3 Å². The van der Waals surface area contributed by atoms with Crippen LogP contribution in [0.4, 0.5) is 4.79 Å². The number of hydrogen-bond donors (Lipinski definition) is 1. The molecule has 1 N–H and O–H groups in total. The van der Waals surface area contributed by atoms with Crippen molar-refractivity contribution in [2.75, 3.05) is 13.2 Å². The summed E-state index contributed by atoms with van der Waals surface area (Å²) in [5.74, 6) is -1.52. The van der Waals surface area contributed by atoms with Crippen LogP contribution in [-0.2, 0) is 35.1 Å². The number of likely N-dealkylation sites (tertiary alicyclic amines) is 1. The fourth-order valence-electron chi connectivity index (χ4n) is 4.94. The maximum Gasteiger partial charge on any atom is 0.410 e. The molecule has 3 fully saturated rings. The molecule has 3 aliphatic heterocycles. The van der Waals surface area contributed by atoms with Gasteiger partial charge < -0.3 is 23.7 Å². The second-order valence-corrected chi connectivity index (χ2v) is 9.67. The van der Waals surface area contributed by atoms with Gasteiger partial charge in [-0.2, -0.15) is 0 Å². The van der Waals surface area contributed by atoms with Crippen LogP contribution in [0, 0.1) is 0 Å². The third-order valence-corrected chi connectivity index (χ3v) is 6.60. The van der Waals surface area contributed by atoms with Crippen molar-refractivity contribution in [2.45, 2.75) is 69.7 Å². The van der Waals surface area contributed by atoms with Crippen molar-refractivity contribution in [1.82, 2.24) is 14.5 Å². The monoisotopic (exact) mass is 515 g/mol. The van der Waals surface area contributed by atoms with Gasteiger partial charge in [0, 0.05) is 18.8 Å². The van der Waals surface area contributed by atoms with E-state index in [1.54, 1.807) is 13.8 Å². The molecule has 3 saturated heterocycles. The lowest BCUT2D eigenvalue weighted by atomic mass is 10.1. The Hall–Kier alpha value is -3.48. The number of esters is 1. The number of aromatic nitrogens is 2. The van der Waals surface area contributed by atoms with E-state index in [1.165, 1.54) is 21.7 Å². The fraction of sp³-hybridized carbons (Fsp3) is 0.520. The van der Waals surface area contributed by atoms with Crippen LogP contribution in [0.15, 0.2) is 52.2 Å². The van der Waals surface area contributed by atoms with Crippen LogP contribution >= 0.6 is 0 Å². The first-order valence-corrected chi connectivity index (χ1v) is 12.2. The van der Waals surface area contributed by atoms with Gasteiger partial charge in [-0.15, -0.1) is 0 Å². The van der Waals surface area contributed by atoms with Crippen LogP contribution in [0.2, 0.25) is 0 Å². The highest BCUT2D eigenvalue weighted by molar-refractivity contribution is 5.82. The minimum absolute atomic E-state index is 0.107. The first-order chi connectivity index (χ1) is 17.7. The third kappa shape index (κ3) is 5.31. The molecule has 0 bridgehead atoms. The zero-order valence-electron chi connectivity index (χ0n) is 20.5. The van der Waals surface area contributed by atoms with Crippen molar-refractivity contribution < 1.29 is 33.3 Å². The zero-order chi connectivity index (χ0) is 26.2. The summed E-state index contributed by atoms with van der Waals surface area (Å²) in [6.07, 6.45) is -1.07. The molecule has 0 unspecified atom stereocenters. The predicted octanol–water partition coefficient (Wildman–Crippen LogP) is 1.30. The Bertz CT molecular complexity index is 1260. The number of carbonyl (C=O) groups excluding carboxylic acids is 2. The van der Waals surface area contributed by atoms with Gasteiger partial charge in [0.05, 0.1) is 0 Å². The van der Waals surface area contributed by atoms with Gasteiger partial charge in [-0.25, -0.2) is 14.4 Å². The van der Waals surface area contributed by atoms with Crippen molar-refractivity contribution in [3.63, 3.8) is 0 Å². The Morgan fingerprint density at radius 2 is 1.84 bits per heavy atom. The summed E-state index contributed by atoms with van der Waals surface area (Å²) in [5.41, 5.74) is -0.341. The Labute approximate surface area is 212 Å². The van der Waals surface area contributed by atoms with E-state index < -0.39 is 59.7 Å². The summed E-state index contributed by atoms with van der Waals surface area (Å²) in [4.78, 5) is 53.0. The molecule has 0 saturated carbocycles. The topological polar surface area (TPSA) is 138 Å². The van der Waals surface area contributed by atoms with Gasteiger partial charge in [0.15, 0.2) is 12.0 Å². The van der Waals surface area contributed by atoms with Gasteiger partial charge in [-0.05, 0) is 32.3 Å². The number of carbonyl (C=O) groups is 2. The third-order valence-electron chi connectivity index (χ3n) is 6.60. The number of hydrogen-bond acceptors (Lipinski definition) is 9. The highest BCUT2D eigenvalue weighted by Crippen LogP contribution is 2.42. The second-order valence-electron chi connectivity index (χ2n) is 9.67. The molecule has 4 heterocycles. The smallest absolute Gasteiger partial charge is 0.410 e. The number of benzene rings is 1. The number of rotatable bonds is 6. The summed E-state index contributed by atoms with van der Waals surface area (Å²) in [6.45, 7) is 3.80. The Kier molecular flexibility index (Phi) is 6.88. The van der Waals surface area contributed by atoms with E-state index in [2.05, 4.69) is 4.98 Å². The normalized spacial score (nSPS) is 28.2. The SMILES string of the molecule is CC1(C)O[C@@H]2[C@H](O1)[C@@H](COC(=O)[C@@H]1CCCN1C(=O)OCc1ccccc1)O[C@H]2n1ccc(=O)[nH]c1=O. The zero-order valence-corrected chi connectivity index (χ0v) is 20.5. The molecule has 1 aromatic carbocycles. The standard InChI is InChI=1S/C25H29N3O9/c1-25(2)36-19-17(35-21(20(19)37-25)28-12-10-18(29)26-23(28)31)14-33-22(30)16-9-6-11-27(16)24(32)34-13-15-7-4-3-5-8-15/h3-5,7-8,10,12,16-17,19-21H,6,9,11,13-14H2,1-2H3,(H,26,29,31)/t16-,17+,19+,20+,21+/m0/s1. The first kappa shape index (κ1) is 25.2. The lowest BCUT2D eigenvalue weighted by molar-refractivity contribution is -0.203.